The first-order chi connectivity index (χ1) is 11.1. The van der Waals surface area contributed by atoms with Gasteiger partial charge in [-0.2, -0.15) is 0 Å². The van der Waals surface area contributed by atoms with Gasteiger partial charge in [-0.1, -0.05) is 17.7 Å². The highest BCUT2D eigenvalue weighted by molar-refractivity contribution is 6.31. The van der Waals surface area contributed by atoms with Crippen molar-refractivity contribution in [2.75, 3.05) is 12.8 Å². The molecule has 0 saturated heterocycles. The summed E-state index contributed by atoms with van der Waals surface area (Å²) in [5, 5.41) is 3.60. The average Bonchev–Trinajstić information content (AvgIpc) is 2.54. The number of nitrogens with two attached hydrogens (primary N) is 1. The number of amides is 1. The van der Waals surface area contributed by atoms with Crippen LogP contribution in [0.4, 0.5) is 5.69 Å². The molecule has 3 N–H and O–H groups in total. The first-order valence-corrected chi connectivity index (χ1v) is 7.99. The van der Waals surface area contributed by atoms with Crippen molar-refractivity contribution in [3.05, 3.63) is 58.1 Å². The molecule has 0 bridgehead atoms. The maximum atomic E-state index is 12.6. The largest absolute Gasteiger partial charge is 0.496 e. The van der Waals surface area contributed by atoms with Crippen LogP contribution in [0.5, 0.6) is 5.75 Å². The number of anilines is 1. The molecule has 0 spiro atoms. The van der Waals surface area contributed by atoms with Gasteiger partial charge in [-0.3, -0.25) is 4.79 Å². The molecule has 2 aromatic carbocycles. The zero-order valence-corrected chi connectivity index (χ0v) is 14.9. The summed E-state index contributed by atoms with van der Waals surface area (Å²) < 4.78 is 5.26. The topological polar surface area (TPSA) is 64.3 Å². The number of aryl methyl sites for hydroxylation is 1. The molecule has 24 heavy (non-hydrogen) atoms. The van der Waals surface area contributed by atoms with Crippen LogP contribution < -0.4 is 15.8 Å². The fourth-order valence-electron chi connectivity index (χ4n) is 3.08. The van der Waals surface area contributed by atoms with Gasteiger partial charge < -0.3 is 15.8 Å². The Morgan fingerprint density at radius 3 is 2.83 bits per heavy atom. The van der Waals surface area contributed by atoms with E-state index in [0.717, 1.165) is 30.5 Å². The predicted octanol–water partition coefficient (Wildman–Crippen LogP) is 4.16. The van der Waals surface area contributed by atoms with Crippen molar-refractivity contribution in [1.29, 1.82) is 0 Å². The van der Waals surface area contributed by atoms with Crippen LogP contribution >= 0.6 is 24.0 Å². The Morgan fingerprint density at radius 1 is 1.29 bits per heavy atom. The maximum absolute atomic E-state index is 12.6. The predicted molar refractivity (Wildman–Crippen MR) is 99.3 cm³/mol. The zero-order valence-electron chi connectivity index (χ0n) is 13.3. The first kappa shape index (κ1) is 18.4. The van der Waals surface area contributed by atoms with Crippen molar-refractivity contribution in [2.45, 2.75) is 25.3 Å². The van der Waals surface area contributed by atoms with E-state index < -0.39 is 0 Å². The second-order valence-electron chi connectivity index (χ2n) is 5.72. The van der Waals surface area contributed by atoms with Crippen LogP contribution in [0.3, 0.4) is 0 Å². The van der Waals surface area contributed by atoms with Crippen molar-refractivity contribution in [1.82, 2.24) is 5.32 Å². The lowest BCUT2D eigenvalue weighted by atomic mass is 9.87. The second-order valence-corrected chi connectivity index (χ2v) is 6.16. The Balaban J connectivity index is 0.00000208. The first-order valence-electron chi connectivity index (χ1n) is 7.61. The Labute approximate surface area is 152 Å². The van der Waals surface area contributed by atoms with E-state index in [9.17, 15) is 4.79 Å². The van der Waals surface area contributed by atoms with Crippen LogP contribution in [0.1, 0.15) is 40.4 Å². The quantitative estimate of drug-likeness (QED) is 0.801. The summed E-state index contributed by atoms with van der Waals surface area (Å²) in [6.45, 7) is 0. The highest BCUT2D eigenvalue weighted by Gasteiger charge is 2.23. The van der Waals surface area contributed by atoms with E-state index in [4.69, 9.17) is 22.1 Å². The number of carbonyl (C=O) groups is 1. The molecule has 0 radical (unpaired) electrons. The number of benzene rings is 2. The number of carbonyl (C=O) groups excluding carboxylic acids is 1. The lowest BCUT2D eigenvalue weighted by molar-refractivity contribution is 0.0929. The van der Waals surface area contributed by atoms with E-state index in [1.807, 2.05) is 18.2 Å². The number of hydrogen-bond acceptors (Lipinski definition) is 3. The van der Waals surface area contributed by atoms with Gasteiger partial charge in [0.2, 0.25) is 0 Å². The number of methoxy groups -OCH3 is 1. The standard InChI is InChI=1S/C18H19ClN2O2.ClH/c1-23-17-8-5-12(19)10-15(17)18(22)21-16-4-2-3-11-9-13(20)6-7-14(11)16;/h5-10,16H,2-4,20H2,1H3,(H,21,22);1H. The number of ether oxygens (including phenoxy) is 1. The summed E-state index contributed by atoms with van der Waals surface area (Å²) in [5.41, 5.74) is 9.41. The molecule has 4 nitrogen and oxygen atoms in total. The van der Waals surface area contributed by atoms with E-state index in [0.29, 0.717) is 16.3 Å². The minimum atomic E-state index is -0.181. The molecular formula is C18H20Cl2N2O2. The molecular weight excluding hydrogens is 347 g/mol. The van der Waals surface area contributed by atoms with Crippen LogP contribution in [0.15, 0.2) is 36.4 Å². The molecule has 1 amide bonds. The molecule has 0 fully saturated rings. The third-order valence-corrected chi connectivity index (χ3v) is 4.43. The van der Waals surface area contributed by atoms with E-state index in [1.54, 1.807) is 25.3 Å². The lowest BCUT2D eigenvalue weighted by Gasteiger charge is -2.27. The summed E-state index contributed by atoms with van der Waals surface area (Å²) in [7, 11) is 1.54. The molecule has 0 heterocycles. The number of fused-ring (bicyclic) bond motifs is 1. The third kappa shape index (κ3) is 3.77. The zero-order chi connectivity index (χ0) is 16.4. The van der Waals surface area contributed by atoms with Gasteiger partial charge in [0.05, 0.1) is 18.7 Å². The summed E-state index contributed by atoms with van der Waals surface area (Å²) in [6.07, 6.45) is 2.92. The lowest BCUT2D eigenvalue weighted by Crippen LogP contribution is -2.31. The van der Waals surface area contributed by atoms with Gasteiger partial charge in [-0.25, -0.2) is 0 Å². The molecule has 0 aromatic heterocycles. The van der Waals surface area contributed by atoms with Crippen molar-refractivity contribution >= 4 is 35.6 Å². The number of nitrogen functional groups attached to an aromatic ring is 1. The number of halogens is 2. The van der Waals surface area contributed by atoms with Gasteiger partial charge in [0, 0.05) is 10.7 Å². The number of rotatable bonds is 3. The number of nitrogens with one attached hydrogen (secondary N) is 1. The van der Waals surface area contributed by atoms with E-state index in [1.165, 1.54) is 5.56 Å². The molecule has 2 aromatic rings. The van der Waals surface area contributed by atoms with Crippen LogP contribution in [-0.4, -0.2) is 13.0 Å². The summed E-state index contributed by atoms with van der Waals surface area (Å²) in [5.74, 6) is 0.333. The normalized spacial score (nSPS) is 15.8. The van der Waals surface area contributed by atoms with Crippen molar-refractivity contribution in [3.8, 4) is 5.75 Å². The summed E-state index contributed by atoms with van der Waals surface area (Å²) >= 11 is 6.01. The Hall–Kier alpha value is -1.91. The molecule has 128 valence electrons. The van der Waals surface area contributed by atoms with Gasteiger partial charge in [0.1, 0.15) is 5.75 Å². The molecule has 1 aliphatic rings. The van der Waals surface area contributed by atoms with E-state index >= 15 is 0 Å². The van der Waals surface area contributed by atoms with Gasteiger partial charge in [0.25, 0.3) is 5.91 Å². The number of hydrogen-bond donors (Lipinski definition) is 2. The molecule has 0 saturated carbocycles. The SMILES string of the molecule is COc1ccc(Cl)cc1C(=O)NC1CCCc2cc(N)ccc21.Cl. The van der Waals surface area contributed by atoms with Gasteiger partial charge in [-0.05, 0) is 60.7 Å². The van der Waals surface area contributed by atoms with Crippen molar-refractivity contribution in [3.63, 3.8) is 0 Å². The highest BCUT2D eigenvalue weighted by atomic mass is 35.5. The minimum Gasteiger partial charge on any atom is -0.496 e. The Bertz CT molecular complexity index is 750. The molecule has 3 rings (SSSR count). The summed E-state index contributed by atoms with van der Waals surface area (Å²) in [6, 6.07) is 10.9. The van der Waals surface area contributed by atoms with Crippen LogP contribution in [0.2, 0.25) is 5.02 Å². The van der Waals surface area contributed by atoms with E-state index in [2.05, 4.69) is 5.32 Å². The third-order valence-electron chi connectivity index (χ3n) is 4.19. The monoisotopic (exact) mass is 366 g/mol. The molecule has 1 atom stereocenters. The van der Waals surface area contributed by atoms with Crippen LogP contribution in [-0.2, 0) is 6.42 Å². The maximum Gasteiger partial charge on any atom is 0.255 e. The van der Waals surface area contributed by atoms with Crippen molar-refractivity contribution < 1.29 is 9.53 Å². The van der Waals surface area contributed by atoms with Crippen molar-refractivity contribution in [2.24, 2.45) is 0 Å². The molecule has 1 unspecified atom stereocenters. The van der Waals surface area contributed by atoms with Crippen LogP contribution in [0, 0.1) is 0 Å². The fraction of sp³-hybridized carbons (Fsp3) is 0.278. The Kier molecular flexibility index (Phi) is 5.97. The van der Waals surface area contributed by atoms with Gasteiger partial charge in [0.15, 0.2) is 0 Å². The smallest absolute Gasteiger partial charge is 0.255 e. The Morgan fingerprint density at radius 2 is 2.08 bits per heavy atom. The molecule has 6 heteroatoms. The van der Waals surface area contributed by atoms with E-state index in [-0.39, 0.29) is 24.4 Å². The molecule has 1 aliphatic carbocycles. The summed E-state index contributed by atoms with van der Waals surface area (Å²) in [4.78, 5) is 12.6. The second kappa shape index (κ2) is 7.77. The van der Waals surface area contributed by atoms with Crippen LogP contribution in [0.25, 0.3) is 0 Å². The minimum absolute atomic E-state index is 0. The highest BCUT2D eigenvalue weighted by Crippen LogP contribution is 2.32. The average molecular weight is 367 g/mol. The van der Waals surface area contributed by atoms with Gasteiger partial charge >= 0.3 is 0 Å². The molecule has 0 aliphatic heterocycles. The van der Waals surface area contributed by atoms with Gasteiger partial charge in [-0.15, -0.1) is 12.4 Å². The fourth-order valence-corrected chi connectivity index (χ4v) is 3.25.